The third-order valence-corrected chi connectivity index (χ3v) is 5.14. The second-order valence-electron chi connectivity index (χ2n) is 6.99. The number of halogens is 3. The Hall–Kier alpha value is -3.38. The van der Waals surface area contributed by atoms with E-state index in [2.05, 4.69) is 10.3 Å². The van der Waals surface area contributed by atoms with E-state index in [0.717, 1.165) is 18.6 Å². The summed E-state index contributed by atoms with van der Waals surface area (Å²) in [5.41, 5.74) is -1.98. The minimum atomic E-state index is -4.75. The molecule has 9 heteroatoms. The van der Waals surface area contributed by atoms with Gasteiger partial charge in [-0.2, -0.15) is 18.4 Å². The number of rotatable bonds is 3. The number of aromatic nitrogens is 2. The van der Waals surface area contributed by atoms with Crippen LogP contribution in [0.25, 0.3) is 16.6 Å². The number of hydrogen-bond donors (Lipinski definition) is 1. The van der Waals surface area contributed by atoms with Crippen LogP contribution >= 0.6 is 0 Å². The van der Waals surface area contributed by atoms with E-state index in [4.69, 9.17) is 4.74 Å². The summed E-state index contributed by atoms with van der Waals surface area (Å²) in [4.78, 5) is 17.7. The van der Waals surface area contributed by atoms with Gasteiger partial charge in [-0.1, -0.05) is 0 Å². The highest BCUT2D eigenvalue weighted by atomic mass is 19.4. The third-order valence-electron chi connectivity index (χ3n) is 5.14. The summed E-state index contributed by atoms with van der Waals surface area (Å²) < 4.78 is 47.5. The van der Waals surface area contributed by atoms with E-state index in [9.17, 15) is 23.2 Å². The van der Waals surface area contributed by atoms with Gasteiger partial charge in [-0.15, -0.1) is 0 Å². The third kappa shape index (κ3) is 3.39. The lowest BCUT2D eigenvalue weighted by Gasteiger charge is -2.20. The first-order valence-electron chi connectivity index (χ1n) is 9.29. The van der Waals surface area contributed by atoms with Crippen molar-refractivity contribution < 1.29 is 17.9 Å². The molecular formula is C21H17F3N4O2. The highest BCUT2D eigenvalue weighted by molar-refractivity contribution is 5.83. The van der Waals surface area contributed by atoms with Crippen LogP contribution < -0.4 is 15.6 Å². The van der Waals surface area contributed by atoms with Gasteiger partial charge in [-0.3, -0.25) is 9.36 Å². The fraction of sp³-hybridized carbons (Fsp3) is 0.286. The molecule has 1 N–H and O–H groups in total. The molecule has 2 heterocycles. The molecule has 4 rings (SSSR count). The van der Waals surface area contributed by atoms with Crippen LogP contribution in [0, 0.1) is 11.3 Å². The zero-order valence-corrected chi connectivity index (χ0v) is 16.0. The summed E-state index contributed by atoms with van der Waals surface area (Å²) in [5, 5.41) is 12.1. The van der Waals surface area contributed by atoms with E-state index < -0.39 is 22.8 Å². The first-order chi connectivity index (χ1) is 14.3. The summed E-state index contributed by atoms with van der Waals surface area (Å²) in [6, 6.07) is 9.83. The molecule has 1 aliphatic heterocycles. The Morgan fingerprint density at radius 2 is 2.00 bits per heavy atom. The highest BCUT2D eigenvalue weighted by Crippen LogP contribution is 2.35. The number of alkyl halides is 3. The van der Waals surface area contributed by atoms with Gasteiger partial charge in [-0.25, -0.2) is 4.98 Å². The van der Waals surface area contributed by atoms with Crippen molar-refractivity contribution in [3.63, 3.8) is 0 Å². The van der Waals surface area contributed by atoms with Gasteiger partial charge in [0.15, 0.2) is 0 Å². The van der Waals surface area contributed by atoms with E-state index in [1.54, 1.807) is 30.3 Å². The van der Waals surface area contributed by atoms with Gasteiger partial charge in [0.25, 0.3) is 5.56 Å². The Labute approximate surface area is 169 Å². The maximum absolute atomic E-state index is 13.7. The molecule has 154 valence electrons. The molecule has 1 atom stereocenters. The molecule has 30 heavy (non-hydrogen) atoms. The zero-order chi connectivity index (χ0) is 21.5. The Bertz CT molecular complexity index is 1200. The molecule has 6 nitrogen and oxygen atoms in total. The normalized spacial score (nSPS) is 16.6. The van der Waals surface area contributed by atoms with E-state index in [-0.39, 0.29) is 22.8 Å². The van der Waals surface area contributed by atoms with Crippen LogP contribution in [0.5, 0.6) is 5.75 Å². The highest BCUT2D eigenvalue weighted by Gasteiger charge is 2.35. The lowest BCUT2D eigenvalue weighted by molar-refractivity contribution is -0.136. The minimum Gasteiger partial charge on any atom is -0.497 e. The van der Waals surface area contributed by atoms with Crippen molar-refractivity contribution in [2.24, 2.45) is 0 Å². The number of nitrogens with zero attached hydrogens (tertiary/aromatic N) is 3. The molecule has 0 spiro atoms. The molecule has 0 bridgehead atoms. The predicted molar refractivity (Wildman–Crippen MR) is 104 cm³/mol. The Balaban J connectivity index is 2.09. The maximum Gasteiger partial charge on any atom is 0.418 e. The Kier molecular flexibility index (Phi) is 4.95. The molecule has 0 saturated carbocycles. The van der Waals surface area contributed by atoms with Crippen LogP contribution in [0.4, 0.5) is 13.2 Å². The first-order valence-corrected chi connectivity index (χ1v) is 9.29. The molecule has 1 fully saturated rings. The molecule has 1 aliphatic rings. The van der Waals surface area contributed by atoms with Gasteiger partial charge in [-0.05, 0) is 55.8 Å². The van der Waals surface area contributed by atoms with Crippen molar-refractivity contribution in [3.05, 3.63) is 63.7 Å². The SMILES string of the molecule is COc1ccc(-n2c([C@H]3CCCN3)nc3c(C(F)(F)F)cc(C#N)cc3c2=O)cc1. The van der Waals surface area contributed by atoms with Crippen molar-refractivity contribution in [1.82, 2.24) is 14.9 Å². The average Bonchev–Trinajstić information content (AvgIpc) is 3.27. The lowest BCUT2D eigenvalue weighted by atomic mass is 10.0. The van der Waals surface area contributed by atoms with E-state index in [0.29, 0.717) is 24.4 Å². The van der Waals surface area contributed by atoms with E-state index >= 15 is 0 Å². The molecule has 1 aromatic heterocycles. The molecule has 0 unspecified atom stereocenters. The van der Waals surface area contributed by atoms with Gasteiger partial charge in [0.05, 0.1) is 46.9 Å². The molecule has 1 saturated heterocycles. The molecule has 2 aromatic carbocycles. The summed E-state index contributed by atoms with van der Waals surface area (Å²) in [5.74, 6) is 0.789. The number of fused-ring (bicyclic) bond motifs is 1. The predicted octanol–water partition coefficient (Wildman–Crippen LogP) is 3.71. The Morgan fingerprint density at radius 3 is 2.57 bits per heavy atom. The second-order valence-corrected chi connectivity index (χ2v) is 6.99. The van der Waals surface area contributed by atoms with Crippen LogP contribution in [0.2, 0.25) is 0 Å². The maximum atomic E-state index is 13.7. The molecular weight excluding hydrogens is 397 g/mol. The quantitative estimate of drug-likeness (QED) is 0.707. The van der Waals surface area contributed by atoms with Gasteiger partial charge >= 0.3 is 6.18 Å². The summed E-state index contributed by atoms with van der Waals surface area (Å²) in [6.07, 6.45) is -3.29. The fourth-order valence-electron chi connectivity index (χ4n) is 3.71. The smallest absolute Gasteiger partial charge is 0.418 e. The lowest BCUT2D eigenvalue weighted by Crippen LogP contribution is -2.29. The van der Waals surface area contributed by atoms with Gasteiger partial charge in [0.2, 0.25) is 0 Å². The monoisotopic (exact) mass is 414 g/mol. The molecule has 3 aromatic rings. The number of ether oxygens (including phenoxy) is 1. The average molecular weight is 414 g/mol. The van der Waals surface area contributed by atoms with Crippen LogP contribution in [0.3, 0.4) is 0 Å². The van der Waals surface area contributed by atoms with Crippen molar-refractivity contribution in [2.75, 3.05) is 13.7 Å². The largest absolute Gasteiger partial charge is 0.497 e. The zero-order valence-electron chi connectivity index (χ0n) is 16.0. The number of nitriles is 1. The van der Waals surface area contributed by atoms with Gasteiger partial charge in [0.1, 0.15) is 11.6 Å². The molecule has 0 amide bonds. The van der Waals surface area contributed by atoms with Gasteiger partial charge < -0.3 is 10.1 Å². The van der Waals surface area contributed by atoms with Crippen molar-refractivity contribution >= 4 is 10.9 Å². The van der Waals surface area contributed by atoms with Crippen LogP contribution in [-0.4, -0.2) is 23.2 Å². The van der Waals surface area contributed by atoms with Gasteiger partial charge in [0, 0.05) is 0 Å². The number of methoxy groups -OCH3 is 1. The summed E-state index contributed by atoms with van der Waals surface area (Å²) >= 11 is 0. The number of nitrogens with one attached hydrogen (secondary N) is 1. The van der Waals surface area contributed by atoms with E-state index in [1.807, 2.05) is 0 Å². The summed E-state index contributed by atoms with van der Waals surface area (Å²) in [6.45, 7) is 0.681. The first kappa shape index (κ1) is 19.9. The topological polar surface area (TPSA) is 79.9 Å². The van der Waals surface area contributed by atoms with Crippen molar-refractivity contribution in [1.29, 1.82) is 5.26 Å². The molecule has 0 aliphatic carbocycles. The van der Waals surface area contributed by atoms with Crippen LogP contribution in [0.1, 0.15) is 35.8 Å². The minimum absolute atomic E-state index is 0.213. The van der Waals surface area contributed by atoms with Crippen molar-refractivity contribution in [3.8, 4) is 17.5 Å². The van der Waals surface area contributed by atoms with Crippen molar-refractivity contribution in [2.45, 2.75) is 25.1 Å². The standard InChI is InChI=1S/C21H17F3N4O2/c1-30-14-6-4-13(5-7-14)28-19(17-3-2-8-26-17)27-18-15(20(28)29)9-12(11-25)10-16(18)21(22,23)24/h4-7,9-10,17,26H,2-3,8H2,1H3/t17-/m1/s1. The fourth-order valence-corrected chi connectivity index (χ4v) is 3.71. The summed E-state index contributed by atoms with van der Waals surface area (Å²) in [7, 11) is 1.51. The van der Waals surface area contributed by atoms with Crippen LogP contribution in [0.15, 0.2) is 41.2 Å². The van der Waals surface area contributed by atoms with E-state index in [1.165, 1.54) is 11.7 Å². The van der Waals surface area contributed by atoms with Crippen LogP contribution in [-0.2, 0) is 6.18 Å². The Morgan fingerprint density at radius 1 is 1.27 bits per heavy atom. The second kappa shape index (κ2) is 7.46. The number of hydrogen-bond acceptors (Lipinski definition) is 5. The number of benzene rings is 2. The molecule has 0 radical (unpaired) electrons.